The summed E-state index contributed by atoms with van der Waals surface area (Å²) in [7, 11) is 0. The second kappa shape index (κ2) is 6.15. The number of non-ortho nitro benzene ring substituents is 1. The first-order chi connectivity index (χ1) is 8.90. The normalized spacial score (nSPS) is 9.47. The van der Waals surface area contributed by atoms with Crippen LogP contribution in [0.1, 0.15) is 12.0 Å². The maximum atomic E-state index is 11.0. The maximum Gasteiger partial charge on any atom is 0.269 e. The van der Waals surface area contributed by atoms with Gasteiger partial charge in [0.25, 0.3) is 5.69 Å². The van der Waals surface area contributed by atoms with Crippen LogP contribution in [-0.4, -0.2) is 16.8 Å². The van der Waals surface area contributed by atoms with Crippen molar-refractivity contribution in [1.82, 2.24) is 10.9 Å². The van der Waals surface area contributed by atoms with Gasteiger partial charge in [-0.05, 0) is 17.7 Å². The number of nitro groups is 1. The lowest BCUT2D eigenvalue weighted by Gasteiger charge is -2.11. The number of carboxylic acids is 1. The number of carbonyl (C=O) groups is 2. The summed E-state index contributed by atoms with van der Waals surface area (Å²) < 4.78 is 0. The van der Waals surface area contributed by atoms with Crippen molar-refractivity contribution in [2.24, 2.45) is 0 Å². The Morgan fingerprint density at radius 3 is 2.26 bits per heavy atom. The number of nitrogens with one attached hydrogen (secondary N) is 2. The summed E-state index contributed by atoms with van der Waals surface area (Å²) in [6.45, 7) is 3.59. The number of rotatable bonds is 6. The molecule has 2 N–H and O–H groups in total. The fourth-order valence-corrected chi connectivity index (χ4v) is 1.18. The molecule has 19 heavy (non-hydrogen) atoms. The predicted octanol–water partition coefficient (Wildman–Crippen LogP) is -0.674. The molecule has 0 atom stereocenters. The molecule has 8 nitrogen and oxygen atoms in total. The topological polar surface area (TPSA) is 124 Å². The lowest BCUT2D eigenvalue weighted by molar-refractivity contribution is -0.384. The third-order valence-electron chi connectivity index (χ3n) is 2.08. The van der Waals surface area contributed by atoms with E-state index in [4.69, 9.17) is 0 Å². The number of nitro benzene ring substituents is 1. The molecule has 0 heterocycles. The highest BCUT2D eigenvalue weighted by Crippen LogP contribution is 2.15. The number of hydrogen-bond acceptors (Lipinski definition) is 6. The van der Waals surface area contributed by atoms with Gasteiger partial charge < -0.3 is 9.90 Å². The molecule has 0 fully saturated rings. The van der Waals surface area contributed by atoms with Crippen LogP contribution in [0.5, 0.6) is 0 Å². The Morgan fingerprint density at radius 2 is 1.79 bits per heavy atom. The Bertz CT molecular complexity index is 524. The number of amides is 1. The largest absolute Gasteiger partial charge is 0.550 e. The van der Waals surface area contributed by atoms with Gasteiger partial charge in [-0.15, -0.1) is 0 Å². The van der Waals surface area contributed by atoms with E-state index in [1.165, 1.54) is 24.3 Å². The van der Waals surface area contributed by atoms with E-state index < -0.39 is 23.2 Å². The molecule has 0 aromatic heterocycles. The lowest BCUT2D eigenvalue weighted by atomic mass is 10.1. The predicted molar refractivity (Wildman–Crippen MR) is 63.0 cm³/mol. The zero-order chi connectivity index (χ0) is 14.4. The van der Waals surface area contributed by atoms with E-state index >= 15 is 0 Å². The van der Waals surface area contributed by atoms with E-state index in [1.807, 2.05) is 0 Å². The Hall–Kier alpha value is -2.90. The van der Waals surface area contributed by atoms with Crippen molar-refractivity contribution in [3.63, 3.8) is 0 Å². The summed E-state index contributed by atoms with van der Waals surface area (Å²) in [5.41, 5.74) is 5.21. The van der Waals surface area contributed by atoms with Crippen molar-refractivity contribution in [2.45, 2.75) is 6.42 Å². The number of carboxylic acid groups (broad SMARTS) is 1. The molecule has 8 heteroatoms. The SMILES string of the molecule is C=C(NNC(=O)CC(=O)[O-])c1ccc([N+](=O)[O-])cc1. The summed E-state index contributed by atoms with van der Waals surface area (Å²) in [6.07, 6.45) is -0.777. The molecule has 0 aliphatic heterocycles. The molecule has 100 valence electrons. The minimum atomic E-state index is -1.50. The van der Waals surface area contributed by atoms with Crippen molar-refractivity contribution in [3.05, 3.63) is 46.5 Å². The summed E-state index contributed by atoms with van der Waals surface area (Å²) in [5.74, 6) is -2.29. The van der Waals surface area contributed by atoms with Gasteiger partial charge in [0.1, 0.15) is 0 Å². The molecule has 0 aliphatic rings. The van der Waals surface area contributed by atoms with E-state index in [2.05, 4.69) is 17.4 Å². The van der Waals surface area contributed by atoms with Crippen LogP contribution < -0.4 is 16.0 Å². The summed E-state index contributed by atoms with van der Waals surface area (Å²) in [4.78, 5) is 31.1. The van der Waals surface area contributed by atoms with Crippen molar-refractivity contribution >= 4 is 23.3 Å². The van der Waals surface area contributed by atoms with Gasteiger partial charge in [0, 0.05) is 12.1 Å². The van der Waals surface area contributed by atoms with Crippen LogP contribution in [0, 0.1) is 10.1 Å². The molecule has 1 amide bonds. The molecular formula is C11H10N3O5-. The quantitative estimate of drug-likeness (QED) is 0.398. The number of carbonyl (C=O) groups excluding carboxylic acids is 2. The molecule has 0 radical (unpaired) electrons. The molecule has 1 rings (SSSR count). The monoisotopic (exact) mass is 264 g/mol. The van der Waals surface area contributed by atoms with Gasteiger partial charge in [-0.1, -0.05) is 6.58 Å². The van der Waals surface area contributed by atoms with Crippen LogP contribution in [0.4, 0.5) is 5.69 Å². The average molecular weight is 264 g/mol. The van der Waals surface area contributed by atoms with Gasteiger partial charge >= 0.3 is 0 Å². The maximum absolute atomic E-state index is 11.0. The van der Waals surface area contributed by atoms with Crippen molar-refractivity contribution in [1.29, 1.82) is 0 Å². The van der Waals surface area contributed by atoms with Crippen LogP contribution in [0.25, 0.3) is 5.70 Å². The Labute approximate surface area is 107 Å². The number of aliphatic carboxylic acids is 1. The van der Waals surface area contributed by atoms with Gasteiger partial charge in [0.05, 0.1) is 23.0 Å². The lowest BCUT2D eigenvalue weighted by Crippen LogP contribution is -2.39. The van der Waals surface area contributed by atoms with Crippen molar-refractivity contribution in [2.75, 3.05) is 0 Å². The van der Waals surface area contributed by atoms with E-state index in [9.17, 15) is 24.8 Å². The third-order valence-corrected chi connectivity index (χ3v) is 2.08. The number of hydrazine groups is 1. The van der Waals surface area contributed by atoms with E-state index in [-0.39, 0.29) is 11.4 Å². The summed E-state index contributed by atoms with van der Waals surface area (Å²) in [5, 5.41) is 20.6. The third kappa shape index (κ3) is 4.46. The van der Waals surface area contributed by atoms with Crippen LogP contribution in [0.3, 0.4) is 0 Å². The minimum absolute atomic E-state index is 0.0717. The van der Waals surface area contributed by atoms with Gasteiger partial charge in [0.2, 0.25) is 5.91 Å². The van der Waals surface area contributed by atoms with Crippen molar-refractivity contribution in [3.8, 4) is 0 Å². The Kier molecular flexibility index (Phi) is 4.58. The first-order valence-corrected chi connectivity index (χ1v) is 5.08. The fraction of sp³-hybridized carbons (Fsp3) is 0.0909. The molecule has 0 aliphatic carbocycles. The molecular weight excluding hydrogens is 254 g/mol. The number of nitrogens with zero attached hydrogens (tertiary/aromatic N) is 1. The average Bonchev–Trinajstić information content (AvgIpc) is 2.35. The molecule has 0 bridgehead atoms. The van der Waals surface area contributed by atoms with Crippen LogP contribution in [0.15, 0.2) is 30.8 Å². The van der Waals surface area contributed by atoms with Crippen molar-refractivity contribution < 1.29 is 19.6 Å². The van der Waals surface area contributed by atoms with Gasteiger partial charge in [-0.3, -0.25) is 25.8 Å². The van der Waals surface area contributed by atoms with Gasteiger partial charge in [0.15, 0.2) is 0 Å². The smallest absolute Gasteiger partial charge is 0.269 e. The first-order valence-electron chi connectivity index (χ1n) is 5.08. The highest BCUT2D eigenvalue weighted by molar-refractivity contribution is 5.92. The fourth-order valence-electron chi connectivity index (χ4n) is 1.18. The Balaban J connectivity index is 2.56. The van der Waals surface area contributed by atoms with Crippen LogP contribution in [0.2, 0.25) is 0 Å². The van der Waals surface area contributed by atoms with E-state index in [1.54, 1.807) is 0 Å². The number of benzene rings is 1. The van der Waals surface area contributed by atoms with Gasteiger partial charge in [-0.25, -0.2) is 0 Å². The minimum Gasteiger partial charge on any atom is -0.550 e. The first kappa shape index (κ1) is 14.2. The van der Waals surface area contributed by atoms with Crippen LogP contribution in [-0.2, 0) is 9.59 Å². The number of hydrogen-bond donors (Lipinski definition) is 2. The zero-order valence-corrected chi connectivity index (χ0v) is 9.71. The second-order valence-corrected chi connectivity index (χ2v) is 3.50. The standard InChI is InChI=1S/C11H11N3O5/c1-7(12-13-10(15)6-11(16)17)8-2-4-9(5-3-8)14(18)19/h2-5,12H,1,6H2,(H,13,15)(H,16,17)/p-1. The summed E-state index contributed by atoms with van der Waals surface area (Å²) >= 11 is 0. The molecule has 0 saturated carbocycles. The molecule has 0 spiro atoms. The van der Waals surface area contributed by atoms with Gasteiger partial charge in [-0.2, -0.15) is 0 Å². The van der Waals surface area contributed by atoms with Crippen LogP contribution >= 0.6 is 0 Å². The highest BCUT2D eigenvalue weighted by Gasteiger charge is 2.06. The van der Waals surface area contributed by atoms with E-state index in [0.29, 0.717) is 5.56 Å². The Morgan fingerprint density at radius 1 is 1.21 bits per heavy atom. The molecule has 1 aromatic carbocycles. The summed E-state index contributed by atoms with van der Waals surface area (Å²) in [6, 6.07) is 5.45. The molecule has 1 aromatic rings. The molecule has 0 unspecified atom stereocenters. The second-order valence-electron chi connectivity index (χ2n) is 3.50. The zero-order valence-electron chi connectivity index (χ0n) is 9.71. The van der Waals surface area contributed by atoms with E-state index in [0.717, 1.165) is 0 Å². The molecule has 0 saturated heterocycles. The highest BCUT2D eigenvalue weighted by atomic mass is 16.6.